The Morgan fingerprint density at radius 1 is 0.868 bits per heavy atom. The Hall–Kier alpha value is -4.20. The van der Waals surface area contributed by atoms with E-state index >= 15 is 0 Å². The van der Waals surface area contributed by atoms with E-state index < -0.39 is 10.0 Å². The van der Waals surface area contributed by atoms with Gasteiger partial charge in [0, 0.05) is 5.56 Å². The van der Waals surface area contributed by atoms with Crippen molar-refractivity contribution < 1.29 is 13.2 Å². The molecule has 0 radical (unpaired) electrons. The first-order valence-electron chi connectivity index (χ1n) is 12.1. The number of rotatable bonds is 9. The normalized spacial score (nSPS) is 12.2. The van der Waals surface area contributed by atoms with Crippen molar-refractivity contribution in [3.8, 4) is 0 Å². The van der Waals surface area contributed by atoms with E-state index in [4.69, 9.17) is 4.74 Å². The topological polar surface area (TPSA) is 59.5 Å². The average molecular weight is 539 g/mol. The molecule has 0 unspecified atom stereocenters. The van der Waals surface area contributed by atoms with Gasteiger partial charge in [-0.1, -0.05) is 108 Å². The highest BCUT2D eigenvalue weighted by atomic mass is 32.2. The molecular formula is C31H26N2O3S2. The molecule has 1 heterocycles. The maximum atomic E-state index is 14.0. The molecule has 0 spiro atoms. The standard InChI is InChI=1S/C31H26N2O3S2/c1-24-18-20-27(21-19-24)38(34,35)33(31-32-28-16-8-9-17-30(28)37-31)23-29(26-14-6-3-7-15-26)36-22-10-13-25-11-4-2-5-12-25/h2-21,23H,22H2,1H3/b13-10?,29-23-. The molecule has 0 amide bonds. The lowest BCUT2D eigenvalue weighted by molar-refractivity contribution is 0.319. The van der Waals surface area contributed by atoms with Gasteiger partial charge >= 0.3 is 0 Å². The van der Waals surface area contributed by atoms with Crippen LogP contribution in [0.1, 0.15) is 16.7 Å². The van der Waals surface area contributed by atoms with E-state index in [0.717, 1.165) is 26.9 Å². The predicted molar refractivity (Wildman–Crippen MR) is 156 cm³/mol. The van der Waals surface area contributed by atoms with Crippen LogP contribution in [0.15, 0.2) is 126 Å². The van der Waals surface area contributed by atoms with Gasteiger partial charge in [-0.05, 0) is 42.8 Å². The third kappa shape index (κ3) is 5.85. The Bertz CT molecular complexity index is 1640. The van der Waals surface area contributed by atoms with Gasteiger partial charge in [0.1, 0.15) is 12.4 Å². The molecule has 0 aliphatic rings. The smallest absolute Gasteiger partial charge is 0.270 e. The minimum absolute atomic E-state index is 0.176. The summed E-state index contributed by atoms with van der Waals surface area (Å²) in [7, 11) is -3.99. The number of nitrogens with zero attached hydrogens (tertiary/aromatic N) is 2. The molecule has 1 aromatic heterocycles. The molecule has 0 aliphatic heterocycles. The molecule has 0 saturated carbocycles. The van der Waals surface area contributed by atoms with Gasteiger partial charge in [0.25, 0.3) is 10.0 Å². The molecule has 5 nitrogen and oxygen atoms in total. The Labute approximate surface area is 227 Å². The van der Waals surface area contributed by atoms with Gasteiger partial charge in [0.2, 0.25) is 5.13 Å². The molecule has 0 N–H and O–H groups in total. The highest BCUT2D eigenvalue weighted by Crippen LogP contribution is 2.34. The molecule has 0 saturated heterocycles. The van der Waals surface area contributed by atoms with E-state index in [1.165, 1.54) is 21.8 Å². The van der Waals surface area contributed by atoms with Crippen molar-refractivity contribution >= 4 is 48.5 Å². The second-order valence-electron chi connectivity index (χ2n) is 8.56. The summed E-state index contributed by atoms with van der Waals surface area (Å²) in [6, 6.07) is 33.8. The van der Waals surface area contributed by atoms with E-state index in [1.54, 1.807) is 24.3 Å². The lowest BCUT2D eigenvalue weighted by Gasteiger charge is -2.20. The van der Waals surface area contributed by atoms with Crippen molar-refractivity contribution in [3.05, 3.63) is 138 Å². The summed E-state index contributed by atoms with van der Waals surface area (Å²) in [5.41, 5.74) is 3.52. The number of fused-ring (bicyclic) bond motifs is 1. The Morgan fingerprint density at radius 2 is 1.53 bits per heavy atom. The van der Waals surface area contributed by atoms with Gasteiger partial charge < -0.3 is 4.74 Å². The highest BCUT2D eigenvalue weighted by Gasteiger charge is 2.27. The van der Waals surface area contributed by atoms with Gasteiger partial charge in [-0.3, -0.25) is 0 Å². The molecule has 0 aliphatic carbocycles. The van der Waals surface area contributed by atoms with Crippen molar-refractivity contribution in [2.75, 3.05) is 10.9 Å². The fourth-order valence-corrected chi connectivity index (χ4v) is 6.24. The van der Waals surface area contributed by atoms with Crippen LogP contribution in [-0.2, 0) is 14.8 Å². The maximum absolute atomic E-state index is 14.0. The van der Waals surface area contributed by atoms with Crippen LogP contribution in [0.3, 0.4) is 0 Å². The van der Waals surface area contributed by atoms with E-state index in [1.807, 2.05) is 104 Å². The number of aromatic nitrogens is 1. The molecule has 38 heavy (non-hydrogen) atoms. The molecular weight excluding hydrogens is 512 g/mol. The first kappa shape index (κ1) is 25.4. The average Bonchev–Trinajstić information content (AvgIpc) is 3.37. The number of hydrogen-bond acceptors (Lipinski definition) is 5. The van der Waals surface area contributed by atoms with Crippen LogP contribution in [0.5, 0.6) is 0 Å². The third-order valence-corrected chi connectivity index (χ3v) is 8.60. The molecule has 7 heteroatoms. The second-order valence-corrected chi connectivity index (χ2v) is 11.4. The van der Waals surface area contributed by atoms with Crippen molar-refractivity contribution in [2.45, 2.75) is 11.8 Å². The molecule has 5 rings (SSSR count). The van der Waals surface area contributed by atoms with Gasteiger partial charge in [0.05, 0.1) is 21.3 Å². The van der Waals surface area contributed by atoms with Crippen LogP contribution < -0.4 is 4.31 Å². The van der Waals surface area contributed by atoms with Crippen LogP contribution in [0, 0.1) is 6.92 Å². The quantitative estimate of drug-likeness (QED) is 0.182. The van der Waals surface area contributed by atoms with Gasteiger partial charge in [0.15, 0.2) is 0 Å². The summed E-state index contributed by atoms with van der Waals surface area (Å²) in [6.45, 7) is 2.18. The second kappa shape index (κ2) is 11.5. The fraction of sp³-hybridized carbons (Fsp3) is 0.0645. The molecule has 0 fully saturated rings. The Kier molecular flexibility index (Phi) is 7.67. The lowest BCUT2D eigenvalue weighted by Crippen LogP contribution is -2.26. The zero-order chi connectivity index (χ0) is 26.4. The predicted octanol–water partition coefficient (Wildman–Crippen LogP) is 7.53. The van der Waals surface area contributed by atoms with Crippen molar-refractivity contribution in [1.29, 1.82) is 0 Å². The number of anilines is 1. The number of hydrogen-bond donors (Lipinski definition) is 0. The Morgan fingerprint density at radius 3 is 2.24 bits per heavy atom. The van der Waals surface area contributed by atoms with Crippen molar-refractivity contribution in [3.63, 3.8) is 0 Å². The number of ether oxygens (including phenoxy) is 1. The van der Waals surface area contributed by atoms with Crippen molar-refractivity contribution in [1.82, 2.24) is 4.98 Å². The summed E-state index contributed by atoms with van der Waals surface area (Å²) < 4.78 is 36.3. The van der Waals surface area contributed by atoms with Crippen LogP contribution >= 0.6 is 11.3 Å². The van der Waals surface area contributed by atoms with Gasteiger partial charge in [-0.15, -0.1) is 0 Å². The van der Waals surface area contributed by atoms with Crippen LogP contribution in [0.4, 0.5) is 5.13 Å². The fourth-order valence-electron chi connectivity index (χ4n) is 3.80. The van der Waals surface area contributed by atoms with E-state index in [-0.39, 0.29) is 11.5 Å². The first-order valence-corrected chi connectivity index (χ1v) is 14.3. The zero-order valence-electron chi connectivity index (χ0n) is 20.8. The highest BCUT2D eigenvalue weighted by molar-refractivity contribution is 7.93. The number of aryl methyl sites for hydroxylation is 1. The largest absolute Gasteiger partial charge is 0.487 e. The van der Waals surface area contributed by atoms with Crippen molar-refractivity contribution in [2.24, 2.45) is 0 Å². The van der Waals surface area contributed by atoms with E-state index in [2.05, 4.69) is 4.98 Å². The molecule has 0 bridgehead atoms. The van der Waals surface area contributed by atoms with Crippen LogP contribution in [-0.4, -0.2) is 20.0 Å². The van der Waals surface area contributed by atoms with E-state index in [0.29, 0.717) is 10.9 Å². The summed E-state index contributed by atoms with van der Waals surface area (Å²) in [5, 5.41) is 0.337. The SMILES string of the molecule is Cc1ccc(S(=O)(=O)N(/C=C(\OCC=Cc2ccccc2)c2ccccc2)c2nc3ccccc3s2)cc1. The number of thiazole rings is 1. The minimum Gasteiger partial charge on any atom is -0.487 e. The molecule has 190 valence electrons. The van der Waals surface area contributed by atoms with Gasteiger partial charge in [-0.25, -0.2) is 17.7 Å². The van der Waals surface area contributed by atoms with E-state index in [9.17, 15) is 8.42 Å². The lowest BCUT2D eigenvalue weighted by atomic mass is 10.2. The van der Waals surface area contributed by atoms with Crippen LogP contribution in [0.2, 0.25) is 0 Å². The number of benzene rings is 4. The Balaban J connectivity index is 1.57. The maximum Gasteiger partial charge on any atom is 0.270 e. The molecule has 4 aromatic carbocycles. The molecule has 0 atom stereocenters. The summed E-state index contributed by atoms with van der Waals surface area (Å²) in [6.07, 6.45) is 5.40. The zero-order valence-corrected chi connectivity index (χ0v) is 22.4. The number of para-hydroxylation sites is 1. The van der Waals surface area contributed by atoms with Gasteiger partial charge in [-0.2, -0.15) is 0 Å². The third-order valence-electron chi connectivity index (χ3n) is 5.79. The van der Waals surface area contributed by atoms with Crippen LogP contribution in [0.25, 0.3) is 22.1 Å². The first-order chi connectivity index (χ1) is 18.5. The minimum atomic E-state index is -3.99. The summed E-state index contributed by atoms with van der Waals surface area (Å²) in [4.78, 5) is 4.83. The molecule has 5 aromatic rings. The summed E-state index contributed by atoms with van der Waals surface area (Å²) >= 11 is 1.31. The number of sulfonamides is 1. The monoisotopic (exact) mass is 538 g/mol. The summed E-state index contributed by atoms with van der Waals surface area (Å²) in [5.74, 6) is 0.415.